The molecule has 1 unspecified atom stereocenters. The summed E-state index contributed by atoms with van der Waals surface area (Å²) in [5.41, 5.74) is 6.37. The monoisotopic (exact) mass is 203 g/mol. The van der Waals surface area contributed by atoms with Crippen molar-refractivity contribution >= 4 is 11.6 Å². The van der Waals surface area contributed by atoms with Gasteiger partial charge in [0.15, 0.2) is 0 Å². The number of primary amides is 1. The van der Waals surface area contributed by atoms with Crippen molar-refractivity contribution in [1.29, 1.82) is 5.26 Å². The summed E-state index contributed by atoms with van der Waals surface area (Å²) in [4.78, 5) is 10.7. The van der Waals surface area contributed by atoms with Crippen LogP contribution in [-0.4, -0.2) is 11.9 Å². The highest BCUT2D eigenvalue weighted by Crippen LogP contribution is 2.15. The third-order valence-corrected chi connectivity index (χ3v) is 1.96. The first-order valence-corrected chi connectivity index (χ1v) is 4.67. The third-order valence-electron chi connectivity index (χ3n) is 1.96. The number of anilines is 1. The number of carbonyl (C=O) groups excluding carboxylic acids is 1. The van der Waals surface area contributed by atoms with Gasteiger partial charge in [-0.3, -0.25) is 4.79 Å². The molecule has 0 spiro atoms. The first kappa shape index (κ1) is 11.1. The van der Waals surface area contributed by atoms with Gasteiger partial charge in [-0.15, -0.1) is 0 Å². The second kappa shape index (κ2) is 5.01. The smallest absolute Gasteiger partial charge is 0.219 e. The van der Waals surface area contributed by atoms with Crippen LogP contribution in [0.25, 0.3) is 0 Å². The SMILES string of the molecule is CC(CC(N)=O)Nc1ccccc1C#N. The van der Waals surface area contributed by atoms with Gasteiger partial charge in [-0.1, -0.05) is 12.1 Å². The molecule has 1 aromatic carbocycles. The van der Waals surface area contributed by atoms with Crippen molar-refractivity contribution < 1.29 is 4.79 Å². The Morgan fingerprint density at radius 3 is 2.87 bits per heavy atom. The van der Waals surface area contributed by atoms with Gasteiger partial charge in [-0.2, -0.15) is 5.26 Å². The molecular weight excluding hydrogens is 190 g/mol. The summed E-state index contributed by atoms with van der Waals surface area (Å²) < 4.78 is 0. The summed E-state index contributed by atoms with van der Waals surface area (Å²) in [6.07, 6.45) is 0.250. The molecule has 0 saturated heterocycles. The fourth-order valence-corrected chi connectivity index (χ4v) is 1.32. The molecule has 1 atom stereocenters. The highest BCUT2D eigenvalue weighted by atomic mass is 16.1. The highest BCUT2D eigenvalue weighted by molar-refractivity contribution is 5.75. The van der Waals surface area contributed by atoms with E-state index in [9.17, 15) is 4.79 Å². The number of rotatable bonds is 4. The van der Waals surface area contributed by atoms with Gasteiger partial charge in [0.05, 0.1) is 11.3 Å². The molecule has 0 aliphatic carbocycles. The minimum absolute atomic E-state index is 0.0722. The van der Waals surface area contributed by atoms with Gasteiger partial charge in [0.25, 0.3) is 0 Å². The minimum Gasteiger partial charge on any atom is -0.381 e. The van der Waals surface area contributed by atoms with Crippen LogP contribution in [0.3, 0.4) is 0 Å². The average Bonchev–Trinajstić information content (AvgIpc) is 2.17. The van der Waals surface area contributed by atoms with Crippen molar-refractivity contribution in [2.45, 2.75) is 19.4 Å². The van der Waals surface area contributed by atoms with Gasteiger partial charge >= 0.3 is 0 Å². The van der Waals surface area contributed by atoms with Crippen molar-refractivity contribution in [2.24, 2.45) is 5.73 Å². The first-order chi connectivity index (χ1) is 7.13. The van der Waals surface area contributed by atoms with Crippen LogP contribution in [-0.2, 0) is 4.79 Å². The predicted octanol–water partition coefficient (Wildman–Crippen LogP) is 1.23. The number of carbonyl (C=O) groups is 1. The van der Waals surface area contributed by atoms with E-state index in [2.05, 4.69) is 11.4 Å². The lowest BCUT2D eigenvalue weighted by Gasteiger charge is -2.14. The van der Waals surface area contributed by atoms with E-state index in [4.69, 9.17) is 11.0 Å². The molecule has 3 N–H and O–H groups in total. The molecular formula is C11H13N3O. The van der Waals surface area contributed by atoms with Gasteiger partial charge in [0.2, 0.25) is 5.91 Å². The van der Waals surface area contributed by atoms with Crippen LogP contribution in [0.5, 0.6) is 0 Å². The van der Waals surface area contributed by atoms with Gasteiger partial charge in [-0.25, -0.2) is 0 Å². The molecule has 78 valence electrons. The first-order valence-electron chi connectivity index (χ1n) is 4.67. The third kappa shape index (κ3) is 3.31. The minimum atomic E-state index is -0.357. The summed E-state index contributed by atoms with van der Waals surface area (Å²) in [5, 5.41) is 11.9. The van der Waals surface area contributed by atoms with Crippen LogP contribution in [0.4, 0.5) is 5.69 Å². The van der Waals surface area contributed by atoms with E-state index in [0.29, 0.717) is 5.56 Å². The van der Waals surface area contributed by atoms with Gasteiger partial charge in [0, 0.05) is 12.5 Å². The molecule has 0 aliphatic rings. The molecule has 1 amide bonds. The van der Waals surface area contributed by atoms with E-state index in [1.807, 2.05) is 13.0 Å². The summed E-state index contributed by atoms with van der Waals surface area (Å²) >= 11 is 0. The van der Waals surface area contributed by atoms with E-state index in [1.54, 1.807) is 18.2 Å². The zero-order chi connectivity index (χ0) is 11.3. The zero-order valence-corrected chi connectivity index (χ0v) is 8.53. The topological polar surface area (TPSA) is 78.9 Å². The molecule has 0 aliphatic heterocycles. The maximum Gasteiger partial charge on any atom is 0.219 e. The summed E-state index contributed by atoms with van der Waals surface area (Å²) in [6.45, 7) is 1.85. The lowest BCUT2D eigenvalue weighted by Crippen LogP contribution is -2.24. The number of amides is 1. The number of para-hydroxylation sites is 1. The van der Waals surface area contributed by atoms with Crippen LogP contribution < -0.4 is 11.1 Å². The van der Waals surface area contributed by atoms with Crippen LogP contribution in [0.15, 0.2) is 24.3 Å². The number of hydrogen-bond acceptors (Lipinski definition) is 3. The molecule has 0 aromatic heterocycles. The van der Waals surface area contributed by atoms with E-state index >= 15 is 0 Å². The van der Waals surface area contributed by atoms with Crippen LogP contribution >= 0.6 is 0 Å². The quantitative estimate of drug-likeness (QED) is 0.772. The second-order valence-corrected chi connectivity index (χ2v) is 3.37. The fourth-order valence-electron chi connectivity index (χ4n) is 1.32. The Morgan fingerprint density at radius 1 is 1.60 bits per heavy atom. The Kier molecular flexibility index (Phi) is 3.69. The van der Waals surface area contributed by atoms with Gasteiger partial charge in [-0.05, 0) is 19.1 Å². The molecule has 0 radical (unpaired) electrons. The average molecular weight is 203 g/mol. The molecule has 4 heteroatoms. The Bertz CT molecular complexity index is 395. The molecule has 0 heterocycles. The van der Waals surface area contributed by atoms with Crippen molar-refractivity contribution in [1.82, 2.24) is 0 Å². The maximum absolute atomic E-state index is 10.7. The molecule has 0 fully saturated rings. The summed E-state index contributed by atoms with van der Waals surface area (Å²) in [6, 6.07) is 9.15. The van der Waals surface area contributed by atoms with Crippen LogP contribution in [0.2, 0.25) is 0 Å². The van der Waals surface area contributed by atoms with Crippen molar-refractivity contribution in [3.8, 4) is 6.07 Å². The summed E-state index contributed by atoms with van der Waals surface area (Å²) in [5.74, 6) is -0.357. The molecule has 1 aromatic rings. The highest BCUT2D eigenvalue weighted by Gasteiger charge is 2.07. The standard InChI is InChI=1S/C11H13N3O/c1-8(6-11(13)15)14-10-5-3-2-4-9(10)7-12/h2-5,8,14H,6H2,1H3,(H2,13,15). The Morgan fingerprint density at radius 2 is 2.27 bits per heavy atom. The predicted molar refractivity (Wildman–Crippen MR) is 58.1 cm³/mol. The van der Waals surface area contributed by atoms with Crippen molar-refractivity contribution in [3.63, 3.8) is 0 Å². The molecule has 0 saturated carbocycles. The fraction of sp³-hybridized carbons (Fsp3) is 0.273. The zero-order valence-electron chi connectivity index (χ0n) is 8.53. The summed E-state index contributed by atoms with van der Waals surface area (Å²) in [7, 11) is 0. The normalized spacial score (nSPS) is 11.5. The Hall–Kier alpha value is -2.02. The number of nitriles is 1. The van der Waals surface area contributed by atoms with E-state index in [1.165, 1.54) is 0 Å². The number of nitrogens with two attached hydrogens (primary N) is 1. The molecule has 4 nitrogen and oxygen atoms in total. The van der Waals surface area contributed by atoms with Crippen molar-refractivity contribution in [3.05, 3.63) is 29.8 Å². The number of nitrogens with zero attached hydrogens (tertiary/aromatic N) is 1. The van der Waals surface area contributed by atoms with Crippen LogP contribution in [0.1, 0.15) is 18.9 Å². The number of benzene rings is 1. The molecule has 0 bridgehead atoms. The largest absolute Gasteiger partial charge is 0.381 e. The lowest BCUT2D eigenvalue weighted by molar-refractivity contribution is -0.118. The maximum atomic E-state index is 10.7. The van der Waals surface area contributed by atoms with E-state index in [0.717, 1.165) is 5.69 Å². The van der Waals surface area contributed by atoms with Gasteiger partial charge < -0.3 is 11.1 Å². The Labute approximate surface area is 88.7 Å². The number of nitrogens with one attached hydrogen (secondary N) is 1. The Balaban J connectivity index is 2.72. The van der Waals surface area contributed by atoms with Gasteiger partial charge in [0.1, 0.15) is 6.07 Å². The molecule has 1 rings (SSSR count). The van der Waals surface area contributed by atoms with E-state index in [-0.39, 0.29) is 18.4 Å². The molecule has 15 heavy (non-hydrogen) atoms. The lowest BCUT2D eigenvalue weighted by atomic mass is 10.1. The van der Waals surface area contributed by atoms with Crippen molar-refractivity contribution in [2.75, 3.05) is 5.32 Å². The van der Waals surface area contributed by atoms with Crippen LogP contribution in [0, 0.1) is 11.3 Å². The van der Waals surface area contributed by atoms with E-state index < -0.39 is 0 Å². The second-order valence-electron chi connectivity index (χ2n) is 3.37. The number of hydrogen-bond donors (Lipinski definition) is 2.